The van der Waals surface area contributed by atoms with E-state index in [2.05, 4.69) is 20.3 Å². The Hall–Kier alpha value is -4.00. The van der Waals surface area contributed by atoms with Crippen molar-refractivity contribution in [2.24, 2.45) is 0 Å². The van der Waals surface area contributed by atoms with E-state index in [0.717, 1.165) is 5.75 Å². The third kappa shape index (κ3) is 3.98. The van der Waals surface area contributed by atoms with Crippen LogP contribution in [0.25, 0.3) is 5.82 Å². The van der Waals surface area contributed by atoms with Gasteiger partial charge < -0.3 is 10.1 Å². The van der Waals surface area contributed by atoms with Crippen LogP contribution in [-0.4, -0.2) is 25.4 Å². The molecule has 2 aromatic carbocycles. The Balaban J connectivity index is 1.45. The molecule has 4 rings (SSSR count). The standard InChI is InChI=1S/C20H15N5O2/c26-20(24-18-12-19(23-13-22-18)25-11-10-21-14-25)15-6-8-17(9-7-15)27-16-4-2-1-3-5-16/h1-14H,(H,22,23,24,26). The summed E-state index contributed by atoms with van der Waals surface area (Å²) in [5.41, 5.74) is 0.498. The predicted molar refractivity (Wildman–Crippen MR) is 100 cm³/mol. The monoisotopic (exact) mass is 357 g/mol. The maximum atomic E-state index is 12.5. The normalized spacial score (nSPS) is 10.4. The SMILES string of the molecule is O=C(Nc1cc(-n2ccnc2)ncn1)c1ccc(Oc2ccccc2)cc1. The first kappa shape index (κ1) is 16.5. The maximum Gasteiger partial charge on any atom is 0.256 e. The number of hydrogen-bond acceptors (Lipinski definition) is 5. The van der Waals surface area contributed by atoms with E-state index in [4.69, 9.17) is 4.74 Å². The average Bonchev–Trinajstić information content (AvgIpc) is 3.24. The summed E-state index contributed by atoms with van der Waals surface area (Å²) in [7, 11) is 0. The summed E-state index contributed by atoms with van der Waals surface area (Å²) in [5, 5.41) is 2.77. The van der Waals surface area contributed by atoms with Gasteiger partial charge in [-0.15, -0.1) is 0 Å². The summed E-state index contributed by atoms with van der Waals surface area (Å²) >= 11 is 0. The Labute approximate surface area is 155 Å². The van der Waals surface area contributed by atoms with E-state index >= 15 is 0 Å². The van der Waals surface area contributed by atoms with Gasteiger partial charge in [-0.05, 0) is 36.4 Å². The molecule has 2 heterocycles. The molecule has 2 aromatic heterocycles. The molecule has 0 saturated heterocycles. The van der Waals surface area contributed by atoms with Crippen LogP contribution >= 0.6 is 0 Å². The molecular weight excluding hydrogens is 342 g/mol. The minimum atomic E-state index is -0.267. The van der Waals surface area contributed by atoms with E-state index in [-0.39, 0.29) is 5.91 Å². The Morgan fingerprint density at radius 2 is 1.74 bits per heavy atom. The van der Waals surface area contributed by atoms with Gasteiger partial charge in [0.25, 0.3) is 5.91 Å². The second-order valence-electron chi connectivity index (χ2n) is 5.63. The number of carbonyl (C=O) groups is 1. The molecule has 27 heavy (non-hydrogen) atoms. The van der Waals surface area contributed by atoms with Gasteiger partial charge in [-0.2, -0.15) is 0 Å². The number of anilines is 1. The van der Waals surface area contributed by atoms with Crippen LogP contribution in [-0.2, 0) is 0 Å². The first-order valence-corrected chi connectivity index (χ1v) is 8.23. The lowest BCUT2D eigenvalue weighted by molar-refractivity contribution is 0.102. The zero-order valence-corrected chi connectivity index (χ0v) is 14.2. The summed E-state index contributed by atoms with van der Waals surface area (Å²) in [4.78, 5) is 24.7. The highest BCUT2D eigenvalue weighted by Crippen LogP contribution is 2.21. The molecule has 7 nitrogen and oxygen atoms in total. The van der Waals surface area contributed by atoms with Gasteiger partial charge in [-0.25, -0.2) is 15.0 Å². The summed E-state index contributed by atoms with van der Waals surface area (Å²) in [6, 6.07) is 18.0. The highest BCUT2D eigenvalue weighted by atomic mass is 16.5. The number of amides is 1. The molecule has 0 unspecified atom stereocenters. The maximum absolute atomic E-state index is 12.5. The smallest absolute Gasteiger partial charge is 0.256 e. The molecule has 4 aromatic rings. The van der Waals surface area contributed by atoms with E-state index in [9.17, 15) is 4.79 Å². The van der Waals surface area contributed by atoms with Crippen molar-refractivity contribution >= 4 is 11.7 Å². The summed E-state index contributed by atoms with van der Waals surface area (Å²) in [6.45, 7) is 0. The number of rotatable bonds is 5. The predicted octanol–water partition coefficient (Wildman–Crippen LogP) is 3.71. The van der Waals surface area contributed by atoms with Crippen molar-refractivity contribution < 1.29 is 9.53 Å². The minimum absolute atomic E-state index is 0.267. The number of nitrogens with zero attached hydrogens (tertiary/aromatic N) is 4. The number of imidazole rings is 1. The summed E-state index contributed by atoms with van der Waals surface area (Å²) in [6.07, 6.45) is 6.43. The van der Waals surface area contributed by atoms with Crippen molar-refractivity contribution in [1.29, 1.82) is 0 Å². The summed E-state index contributed by atoms with van der Waals surface area (Å²) < 4.78 is 7.46. The number of aromatic nitrogens is 4. The fourth-order valence-corrected chi connectivity index (χ4v) is 2.44. The van der Waals surface area contributed by atoms with Crippen LogP contribution in [0.3, 0.4) is 0 Å². The van der Waals surface area contributed by atoms with Gasteiger partial charge in [-0.1, -0.05) is 18.2 Å². The first-order valence-electron chi connectivity index (χ1n) is 8.23. The van der Waals surface area contributed by atoms with Crippen molar-refractivity contribution in [3.05, 3.63) is 91.3 Å². The van der Waals surface area contributed by atoms with Crippen LogP contribution in [0.2, 0.25) is 0 Å². The molecule has 7 heteroatoms. The molecule has 0 aliphatic heterocycles. The molecule has 0 fully saturated rings. The van der Waals surface area contributed by atoms with Gasteiger partial charge in [0, 0.05) is 24.0 Å². The van der Waals surface area contributed by atoms with Crippen LogP contribution in [0.5, 0.6) is 11.5 Å². The molecule has 0 aliphatic rings. The minimum Gasteiger partial charge on any atom is -0.457 e. The highest BCUT2D eigenvalue weighted by Gasteiger charge is 2.09. The van der Waals surface area contributed by atoms with Crippen LogP contribution in [0.1, 0.15) is 10.4 Å². The molecule has 0 aliphatic carbocycles. The van der Waals surface area contributed by atoms with Crippen LogP contribution in [0.15, 0.2) is 85.7 Å². The zero-order chi connectivity index (χ0) is 18.5. The topological polar surface area (TPSA) is 81.9 Å². The van der Waals surface area contributed by atoms with Gasteiger partial charge in [0.2, 0.25) is 0 Å². The molecule has 0 atom stereocenters. The molecule has 0 bridgehead atoms. The number of benzene rings is 2. The quantitative estimate of drug-likeness (QED) is 0.589. The molecule has 0 spiro atoms. The van der Waals surface area contributed by atoms with Crippen molar-refractivity contribution in [1.82, 2.24) is 19.5 Å². The van der Waals surface area contributed by atoms with E-state index < -0.39 is 0 Å². The Kier molecular flexibility index (Phi) is 4.57. The van der Waals surface area contributed by atoms with Crippen LogP contribution in [0, 0.1) is 0 Å². The second-order valence-corrected chi connectivity index (χ2v) is 5.63. The van der Waals surface area contributed by atoms with E-state index in [0.29, 0.717) is 22.9 Å². The lowest BCUT2D eigenvalue weighted by Crippen LogP contribution is -2.13. The molecule has 1 amide bonds. The molecule has 1 N–H and O–H groups in total. The van der Waals surface area contributed by atoms with Gasteiger partial charge in [-0.3, -0.25) is 9.36 Å². The van der Waals surface area contributed by atoms with Crippen molar-refractivity contribution in [2.75, 3.05) is 5.32 Å². The first-order chi connectivity index (χ1) is 13.3. The van der Waals surface area contributed by atoms with Crippen molar-refractivity contribution in [3.8, 4) is 17.3 Å². The van der Waals surface area contributed by atoms with Gasteiger partial charge in [0.05, 0.1) is 0 Å². The number of hydrogen-bond donors (Lipinski definition) is 1. The Bertz CT molecular complexity index is 1030. The third-order valence-electron chi connectivity index (χ3n) is 3.76. The lowest BCUT2D eigenvalue weighted by atomic mass is 10.2. The molecule has 0 radical (unpaired) electrons. The van der Waals surface area contributed by atoms with E-state index in [1.54, 1.807) is 53.6 Å². The third-order valence-corrected chi connectivity index (χ3v) is 3.76. The lowest BCUT2D eigenvalue weighted by Gasteiger charge is -2.08. The van der Waals surface area contributed by atoms with Crippen molar-refractivity contribution in [3.63, 3.8) is 0 Å². The Morgan fingerprint density at radius 1 is 0.963 bits per heavy atom. The number of ether oxygens (including phenoxy) is 1. The highest BCUT2D eigenvalue weighted by molar-refractivity contribution is 6.03. The van der Waals surface area contributed by atoms with Gasteiger partial charge in [0.1, 0.15) is 35.8 Å². The van der Waals surface area contributed by atoms with E-state index in [1.165, 1.54) is 6.33 Å². The average molecular weight is 357 g/mol. The number of para-hydroxylation sites is 1. The van der Waals surface area contributed by atoms with Gasteiger partial charge in [0.15, 0.2) is 0 Å². The fraction of sp³-hybridized carbons (Fsp3) is 0. The molecule has 132 valence electrons. The van der Waals surface area contributed by atoms with Crippen LogP contribution < -0.4 is 10.1 Å². The summed E-state index contributed by atoms with van der Waals surface area (Å²) in [5.74, 6) is 2.15. The molecular formula is C20H15N5O2. The Morgan fingerprint density at radius 3 is 2.48 bits per heavy atom. The zero-order valence-electron chi connectivity index (χ0n) is 14.2. The molecule has 0 saturated carbocycles. The van der Waals surface area contributed by atoms with Crippen molar-refractivity contribution in [2.45, 2.75) is 0 Å². The van der Waals surface area contributed by atoms with Gasteiger partial charge >= 0.3 is 0 Å². The second kappa shape index (κ2) is 7.49. The van der Waals surface area contributed by atoms with Crippen LogP contribution in [0.4, 0.5) is 5.82 Å². The number of carbonyl (C=O) groups excluding carboxylic acids is 1. The number of nitrogens with one attached hydrogen (secondary N) is 1. The largest absolute Gasteiger partial charge is 0.457 e. The van der Waals surface area contributed by atoms with E-state index in [1.807, 2.05) is 30.3 Å². The fourth-order valence-electron chi connectivity index (χ4n) is 2.44.